The number of aromatic amines is 1. The molecule has 6 nitrogen and oxygen atoms in total. The molecule has 6 heteroatoms. The average Bonchev–Trinajstić information content (AvgIpc) is 2.46. The third-order valence-corrected chi connectivity index (χ3v) is 3.90. The molecule has 0 saturated heterocycles. The fourth-order valence-corrected chi connectivity index (χ4v) is 2.60. The van der Waals surface area contributed by atoms with Gasteiger partial charge in [0.2, 0.25) is 5.56 Å². The molecule has 3 N–H and O–H groups in total. The van der Waals surface area contributed by atoms with Crippen LogP contribution in [0.5, 0.6) is 0 Å². The van der Waals surface area contributed by atoms with Crippen LogP contribution in [0.1, 0.15) is 42.5 Å². The molecule has 1 aromatic heterocycles. The third-order valence-electron chi connectivity index (χ3n) is 3.90. The molecular formula is C14H18N2O4. The maximum Gasteiger partial charge on any atom is 0.311 e. The lowest BCUT2D eigenvalue weighted by Crippen LogP contribution is -2.44. The highest BCUT2D eigenvalue weighted by molar-refractivity contribution is 5.94. The zero-order valence-electron chi connectivity index (χ0n) is 11.1. The van der Waals surface area contributed by atoms with E-state index in [1.807, 2.05) is 0 Å². The second-order valence-electron chi connectivity index (χ2n) is 5.27. The van der Waals surface area contributed by atoms with Crippen molar-refractivity contribution >= 4 is 11.9 Å². The van der Waals surface area contributed by atoms with E-state index in [0.717, 1.165) is 19.3 Å². The van der Waals surface area contributed by atoms with Crippen molar-refractivity contribution in [1.82, 2.24) is 10.3 Å². The van der Waals surface area contributed by atoms with E-state index in [0.29, 0.717) is 18.4 Å². The Labute approximate surface area is 116 Å². The molecule has 0 aliphatic heterocycles. The van der Waals surface area contributed by atoms with Gasteiger partial charge in [-0.2, -0.15) is 0 Å². The van der Waals surface area contributed by atoms with Crippen LogP contribution in [-0.2, 0) is 4.79 Å². The summed E-state index contributed by atoms with van der Waals surface area (Å²) in [6, 6.07) is 2.69. The molecule has 108 valence electrons. The molecule has 0 aromatic carbocycles. The molecular weight excluding hydrogens is 260 g/mol. The van der Waals surface area contributed by atoms with Gasteiger partial charge in [-0.05, 0) is 18.9 Å². The van der Waals surface area contributed by atoms with Gasteiger partial charge in [0.1, 0.15) is 0 Å². The molecule has 1 aromatic rings. The minimum absolute atomic E-state index is 0.125. The van der Waals surface area contributed by atoms with Gasteiger partial charge < -0.3 is 15.4 Å². The number of hydrogen-bond acceptors (Lipinski definition) is 3. The Morgan fingerprint density at radius 3 is 2.50 bits per heavy atom. The number of amides is 1. The van der Waals surface area contributed by atoms with E-state index in [4.69, 9.17) is 0 Å². The number of hydrogen-bond donors (Lipinski definition) is 3. The van der Waals surface area contributed by atoms with Gasteiger partial charge in [0.05, 0.1) is 11.0 Å². The summed E-state index contributed by atoms with van der Waals surface area (Å²) in [4.78, 5) is 36.8. The minimum Gasteiger partial charge on any atom is -0.481 e. The number of nitrogens with one attached hydrogen (secondary N) is 2. The maximum atomic E-state index is 11.9. The summed E-state index contributed by atoms with van der Waals surface area (Å²) < 4.78 is 0. The maximum absolute atomic E-state index is 11.9. The van der Waals surface area contributed by atoms with E-state index in [-0.39, 0.29) is 18.0 Å². The van der Waals surface area contributed by atoms with Crippen molar-refractivity contribution in [3.8, 4) is 0 Å². The van der Waals surface area contributed by atoms with Crippen molar-refractivity contribution in [1.29, 1.82) is 0 Å². The Morgan fingerprint density at radius 2 is 1.95 bits per heavy atom. The molecule has 0 radical (unpaired) electrons. The van der Waals surface area contributed by atoms with Crippen LogP contribution in [0.2, 0.25) is 0 Å². The van der Waals surface area contributed by atoms with Crippen LogP contribution >= 0.6 is 0 Å². The molecule has 0 unspecified atom stereocenters. The highest BCUT2D eigenvalue weighted by atomic mass is 16.4. The normalized spacial score (nSPS) is 17.4. The van der Waals surface area contributed by atoms with Crippen molar-refractivity contribution in [3.63, 3.8) is 0 Å². The van der Waals surface area contributed by atoms with Gasteiger partial charge in [-0.3, -0.25) is 14.4 Å². The summed E-state index contributed by atoms with van der Waals surface area (Å²) in [6.07, 6.45) is 5.30. The lowest BCUT2D eigenvalue weighted by atomic mass is 9.74. The second-order valence-corrected chi connectivity index (χ2v) is 5.27. The van der Waals surface area contributed by atoms with Crippen molar-refractivity contribution in [2.45, 2.75) is 32.1 Å². The Balaban J connectivity index is 2.02. The number of carboxylic acids is 1. The lowest BCUT2D eigenvalue weighted by Gasteiger charge is -2.33. The zero-order valence-corrected chi connectivity index (χ0v) is 11.1. The Kier molecular flexibility index (Phi) is 4.22. The largest absolute Gasteiger partial charge is 0.481 e. The second kappa shape index (κ2) is 5.90. The van der Waals surface area contributed by atoms with Gasteiger partial charge in [-0.25, -0.2) is 0 Å². The molecule has 1 aliphatic carbocycles. The first kappa shape index (κ1) is 14.3. The first-order valence-electron chi connectivity index (χ1n) is 6.74. The van der Waals surface area contributed by atoms with Crippen LogP contribution in [-0.4, -0.2) is 28.5 Å². The molecule has 0 spiro atoms. The smallest absolute Gasteiger partial charge is 0.311 e. The van der Waals surface area contributed by atoms with Gasteiger partial charge in [-0.1, -0.05) is 19.3 Å². The molecule has 0 bridgehead atoms. The summed E-state index contributed by atoms with van der Waals surface area (Å²) in [5, 5.41) is 12.1. The third kappa shape index (κ3) is 3.07. The van der Waals surface area contributed by atoms with Crippen molar-refractivity contribution < 1.29 is 14.7 Å². The van der Waals surface area contributed by atoms with Crippen molar-refractivity contribution in [2.75, 3.05) is 6.54 Å². The number of H-pyrrole nitrogens is 1. The summed E-state index contributed by atoms with van der Waals surface area (Å²) >= 11 is 0. The number of carbonyl (C=O) groups excluding carboxylic acids is 1. The Hall–Kier alpha value is -2.11. The SMILES string of the molecule is O=C(NCC1(C(=O)O)CCCCC1)c1ccc(=O)[nH]c1. The van der Waals surface area contributed by atoms with Crippen LogP contribution in [0.25, 0.3) is 0 Å². The monoisotopic (exact) mass is 278 g/mol. The quantitative estimate of drug-likeness (QED) is 0.769. The van der Waals surface area contributed by atoms with E-state index >= 15 is 0 Å². The topological polar surface area (TPSA) is 99.3 Å². The predicted octanol–water partition coefficient (Wildman–Crippen LogP) is 1.14. The van der Waals surface area contributed by atoms with Crippen LogP contribution in [0, 0.1) is 5.41 Å². The number of aliphatic carboxylic acids is 1. The number of carboxylic acid groups (broad SMARTS) is 1. The molecule has 1 fully saturated rings. The average molecular weight is 278 g/mol. The minimum atomic E-state index is -0.851. The highest BCUT2D eigenvalue weighted by Gasteiger charge is 2.39. The fraction of sp³-hybridized carbons (Fsp3) is 0.500. The van der Waals surface area contributed by atoms with Gasteiger partial charge in [0, 0.05) is 18.8 Å². The van der Waals surface area contributed by atoms with E-state index in [1.54, 1.807) is 0 Å². The molecule has 2 rings (SSSR count). The van der Waals surface area contributed by atoms with Crippen LogP contribution in [0.15, 0.2) is 23.1 Å². The Bertz CT molecular complexity index is 538. The van der Waals surface area contributed by atoms with Gasteiger partial charge in [-0.15, -0.1) is 0 Å². The molecule has 1 amide bonds. The van der Waals surface area contributed by atoms with E-state index in [1.165, 1.54) is 18.3 Å². The molecule has 0 atom stereocenters. The number of rotatable bonds is 4. The van der Waals surface area contributed by atoms with Crippen molar-refractivity contribution in [2.24, 2.45) is 5.41 Å². The molecule has 20 heavy (non-hydrogen) atoms. The molecule has 1 aliphatic rings. The van der Waals surface area contributed by atoms with Gasteiger partial charge in [0.25, 0.3) is 5.91 Å². The standard InChI is InChI=1S/C14H18N2O4/c17-11-5-4-10(8-15-11)12(18)16-9-14(13(19)20)6-2-1-3-7-14/h4-5,8H,1-3,6-7,9H2,(H,15,17)(H,16,18)(H,19,20). The first-order valence-corrected chi connectivity index (χ1v) is 6.74. The number of pyridine rings is 1. The van der Waals surface area contributed by atoms with Gasteiger partial charge >= 0.3 is 5.97 Å². The van der Waals surface area contributed by atoms with Crippen molar-refractivity contribution in [3.05, 3.63) is 34.2 Å². The molecule has 1 heterocycles. The van der Waals surface area contributed by atoms with Crippen LogP contribution in [0.4, 0.5) is 0 Å². The summed E-state index contributed by atoms with van der Waals surface area (Å²) in [5.74, 6) is -1.22. The Morgan fingerprint density at radius 1 is 1.25 bits per heavy atom. The number of aromatic nitrogens is 1. The summed E-state index contributed by atoms with van der Waals surface area (Å²) in [5.41, 5.74) is -0.812. The first-order chi connectivity index (χ1) is 9.53. The predicted molar refractivity (Wildman–Crippen MR) is 72.5 cm³/mol. The van der Waals surface area contributed by atoms with E-state index < -0.39 is 11.4 Å². The number of carbonyl (C=O) groups is 2. The van der Waals surface area contributed by atoms with E-state index in [2.05, 4.69) is 10.3 Å². The fourth-order valence-electron chi connectivity index (χ4n) is 2.60. The van der Waals surface area contributed by atoms with Gasteiger partial charge in [0.15, 0.2) is 0 Å². The lowest BCUT2D eigenvalue weighted by molar-refractivity contribution is -0.150. The van der Waals surface area contributed by atoms with Crippen LogP contribution in [0.3, 0.4) is 0 Å². The van der Waals surface area contributed by atoms with Crippen LogP contribution < -0.4 is 10.9 Å². The summed E-state index contributed by atoms with van der Waals surface area (Å²) in [6.45, 7) is 0.125. The zero-order chi connectivity index (χ0) is 14.6. The summed E-state index contributed by atoms with van der Waals surface area (Å²) in [7, 11) is 0. The molecule has 1 saturated carbocycles. The van der Waals surface area contributed by atoms with E-state index in [9.17, 15) is 19.5 Å². The highest BCUT2D eigenvalue weighted by Crippen LogP contribution is 2.36.